The van der Waals surface area contributed by atoms with Crippen LogP contribution in [0.1, 0.15) is 10.4 Å². The van der Waals surface area contributed by atoms with E-state index in [2.05, 4.69) is 31.9 Å². The quantitative estimate of drug-likeness (QED) is 0.442. The number of hydrogen-bond donors (Lipinski definition) is 0. The van der Waals surface area contributed by atoms with Gasteiger partial charge in [0.2, 0.25) is 0 Å². The van der Waals surface area contributed by atoms with Gasteiger partial charge in [-0.15, -0.1) is 0 Å². The van der Waals surface area contributed by atoms with E-state index < -0.39 is 11.6 Å². The number of carbonyl (C=O) groups excluding carboxylic acids is 1. The normalized spacial score (nSPS) is 10.0. The van der Waals surface area contributed by atoms with E-state index in [1.165, 1.54) is 0 Å². The van der Waals surface area contributed by atoms with Crippen LogP contribution in [0.4, 0.5) is 8.78 Å². The zero-order valence-electron chi connectivity index (χ0n) is 5.57. The molecule has 1 aromatic carbocycles. The van der Waals surface area contributed by atoms with Gasteiger partial charge in [0.25, 0.3) is 0 Å². The van der Waals surface area contributed by atoms with Gasteiger partial charge in [0.05, 0.1) is 8.95 Å². The van der Waals surface area contributed by atoms with Crippen LogP contribution in [0, 0.1) is 11.6 Å². The summed E-state index contributed by atoms with van der Waals surface area (Å²) in [6, 6.07) is 0.949. The molecule has 64 valence electrons. The SMILES string of the molecule is O=Cc1cc(F)c(Br)c(F)c1Br. The molecule has 12 heavy (non-hydrogen) atoms. The summed E-state index contributed by atoms with van der Waals surface area (Å²) in [7, 11) is 0. The third kappa shape index (κ3) is 1.56. The fourth-order valence-electron chi connectivity index (χ4n) is 0.677. The molecule has 0 atom stereocenters. The summed E-state index contributed by atoms with van der Waals surface area (Å²) < 4.78 is 25.4. The van der Waals surface area contributed by atoms with Crippen molar-refractivity contribution >= 4 is 38.1 Å². The second-order valence-electron chi connectivity index (χ2n) is 2.01. The molecule has 1 nitrogen and oxygen atoms in total. The molecule has 0 amide bonds. The lowest BCUT2D eigenvalue weighted by atomic mass is 10.2. The molecular weight excluding hydrogens is 298 g/mol. The molecule has 5 heteroatoms. The number of carbonyl (C=O) groups is 1. The first-order valence-electron chi connectivity index (χ1n) is 2.86. The van der Waals surface area contributed by atoms with E-state index in [1.807, 2.05) is 0 Å². The first kappa shape index (κ1) is 9.80. The van der Waals surface area contributed by atoms with Gasteiger partial charge in [0.1, 0.15) is 5.82 Å². The van der Waals surface area contributed by atoms with Crippen molar-refractivity contribution in [2.24, 2.45) is 0 Å². The fraction of sp³-hybridized carbons (Fsp3) is 0. The van der Waals surface area contributed by atoms with Crippen LogP contribution < -0.4 is 0 Å². The average molecular weight is 300 g/mol. The minimum Gasteiger partial charge on any atom is -0.298 e. The third-order valence-electron chi connectivity index (χ3n) is 1.26. The van der Waals surface area contributed by atoms with Gasteiger partial charge in [-0.2, -0.15) is 0 Å². The van der Waals surface area contributed by atoms with Crippen molar-refractivity contribution in [1.29, 1.82) is 0 Å². The van der Waals surface area contributed by atoms with E-state index in [0.29, 0.717) is 6.29 Å². The van der Waals surface area contributed by atoms with Crippen LogP contribution in [-0.4, -0.2) is 6.29 Å². The van der Waals surface area contributed by atoms with Crippen LogP contribution in [0.5, 0.6) is 0 Å². The van der Waals surface area contributed by atoms with Crippen LogP contribution in [0.2, 0.25) is 0 Å². The molecule has 0 aromatic heterocycles. The molecule has 0 unspecified atom stereocenters. The van der Waals surface area contributed by atoms with Crippen molar-refractivity contribution in [1.82, 2.24) is 0 Å². The van der Waals surface area contributed by atoms with E-state index in [4.69, 9.17) is 0 Å². The van der Waals surface area contributed by atoms with E-state index >= 15 is 0 Å². The van der Waals surface area contributed by atoms with Crippen molar-refractivity contribution in [3.63, 3.8) is 0 Å². The minimum absolute atomic E-state index is 0.0363. The van der Waals surface area contributed by atoms with Crippen molar-refractivity contribution < 1.29 is 13.6 Å². The molecule has 0 radical (unpaired) electrons. The summed E-state index contributed by atoms with van der Waals surface area (Å²) in [4.78, 5) is 10.3. The monoisotopic (exact) mass is 298 g/mol. The number of aldehydes is 1. The zero-order chi connectivity index (χ0) is 9.30. The van der Waals surface area contributed by atoms with Gasteiger partial charge >= 0.3 is 0 Å². The lowest BCUT2D eigenvalue weighted by molar-refractivity contribution is 0.112. The largest absolute Gasteiger partial charge is 0.298 e. The van der Waals surface area contributed by atoms with E-state index in [9.17, 15) is 13.6 Å². The van der Waals surface area contributed by atoms with Crippen molar-refractivity contribution in [2.45, 2.75) is 0 Å². The van der Waals surface area contributed by atoms with Gasteiger partial charge in [-0.05, 0) is 37.9 Å². The van der Waals surface area contributed by atoms with Gasteiger partial charge in [0, 0.05) is 5.56 Å². The topological polar surface area (TPSA) is 17.1 Å². The Hall–Kier alpha value is -0.290. The molecule has 0 aliphatic heterocycles. The Balaban J connectivity index is 3.49. The van der Waals surface area contributed by atoms with Crippen LogP contribution >= 0.6 is 31.9 Å². The molecule has 0 fully saturated rings. The Labute approximate surface area is 84.0 Å². The van der Waals surface area contributed by atoms with Gasteiger partial charge in [0.15, 0.2) is 12.1 Å². The lowest BCUT2D eigenvalue weighted by Gasteiger charge is -2.01. The molecule has 0 heterocycles. The number of rotatable bonds is 1. The van der Waals surface area contributed by atoms with E-state index in [-0.39, 0.29) is 14.5 Å². The minimum atomic E-state index is -0.808. The summed E-state index contributed by atoms with van der Waals surface area (Å²) in [5, 5.41) is 0. The first-order valence-corrected chi connectivity index (χ1v) is 4.44. The molecule has 0 N–H and O–H groups in total. The highest BCUT2D eigenvalue weighted by molar-refractivity contribution is 9.11. The van der Waals surface area contributed by atoms with Crippen LogP contribution in [-0.2, 0) is 0 Å². The standard InChI is InChI=1S/C7H2Br2F2O/c8-5-3(2-12)1-4(10)6(9)7(5)11/h1-2H. The summed E-state index contributed by atoms with van der Waals surface area (Å²) in [6.45, 7) is 0. The maximum Gasteiger partial charge on any atom is 0.155 e. The second kappa shape index (κ2) is 3.62. The van der Waals surface area contributed by atoms with E-state index in [0.717, 1.165) is 6.07 Å². The van der Waals surface area contributed by atoms with Crippen molar-refractivity contribution in [2.75, 3.05) is 0 Å². The first-order chi connectivity index (χ1) is 5.57. The molecule has 0 bridgehead atoms. The van der Waals surface area contributed by atoms with Crippen LogP contribution in [0.15, 0.2) is 15.0 Å². The third-order valence-corrected chi connectivity index (χ3v) is 2.79. The number of hydrogen-bond acceptors (Lipinski definition) is 1. The second-order valence-corrected chi connectivity index (χ2v) is 3.59. The molecule has 0 saturated heterocycles. The smallest absolute Gasteiger partial charge is 0.155 e. The van der Waals surface area contributed by atoms with Crippen molar-refractivity contribution in [3.8, 4) is 0 Å². The Kier molecular flexibility index (Phi) is 2.95. The molecule has 0 aliphatic carbocycles. The Morgan fingerprint density at radius 3 is 2.33 bits per heavy atom. The highest BCUT2D eigenvalue weighted by Crippen LogP contribution is 2.28. The Bertz CT molecular complexity index is 339. The summed E-state index contributed by atoms with van der Waals surface area (Å²) >= 11 is 5.52. The van der Waals surface area contributed by atoms with Gasteiger partial charge in [-0.3, -0.25) is 4.79 Å². The van der Waals surface area contributed by atoms with Gasteiger partial charge in [-0.1, -0.05) is 0 Å². The van der Waals surface area contributed by atoms with Crippen LogP contribution in [0.25, 0.3) is 0 Å². The number of halogens is 4. The average Bonchev–Trinajstić information content (AvgIpc) is 2.08. The highest BCUT2D eigenvalue weighted by Gasteiger charge is 2.13. The Morgan fingerprint density at radius 2 is 1.83 bits per heavy atom. The molecule has 0 spiro atoms. The maximum atomic E-state index is 12.9. The number of benzene rings is 1. The van der Waals surface area contributed by atoms with Gasteiger partial charge < -0.3 is 0 Å². The maximum absolute atomic E-state index is 12.9. The fourth-order valence-corrected chi connectivity index (χ4v) is 1.66. The van der Waals surface area contributed by atoms with Crippen LogP contribution in [0.3, 0.4) is 0 Å². The summed E-state index contributed by atoms with van der Waals surface area (Å²) in [5.74, 6) is -1.60. The molecule has 1 aromatic rings. The van der Waals surface area contributed by atoms with E-state index in [1.54, 1.807) is 0 Å². The molecular formula is C7H2Br2F2O. The van der Waals surface area contributed by atoms with Crippen molar-refractivity contribution in [3.05, 3.63) is 32.2 Å². The van der Waals surface area contributed by atoms with Gasteiger partial charge in [-0.25, -0.2) is 8.78 Å². The molecule has 0 saturated carbocycles. The predicted molar refractivity (Wildman–Crippen MR) is 47.1 cm³/mol. The summed E-state index contributed by atoms with van der Waals surface area (Å²) in [5.41, 5.74) is -0.0480. The highest BCUT2D eigenvalue weighted by atomic mass is 79.9. The summed E-state index contributed by atoms with van der Waals surface area (Å²) in [6.07, 6.45) is 0.378. The zero-order valence-corrected chi connectivity index (χ0v) is 8.75. The predicted octanol–water partition coefficient (Wildman–Crippen LogP) is 3.30. The molecule has 0 aliphatic rings. The lowest BCUT2D eigenvalue weighted by Crippen LogP contribution is -1.92. The Morgan fingerprint density at radius 1 is 1.25 bits per heavy atom. The molecule has 1 rings (SSSR count).